The number of aromatic nitrogens is 4. The molecule has 0 bridgehead atoms. The van der Waals surface area contributed by atoms with Crippen molar-refractivity contribution < 1.29 is 14.6 Å². The van der Waals surface area contributed by atoms with E-state index in [0.717, 1.165) is 38.5 Å². The molecule has 0 spiro atoms. The Kier molecular flexibility index (Phi) is 7.59. The van der Waals surface area contributed by atoms with Crippen LogP contribution in [0.1, 0.15) is 23.0 Å². The first-order valence-corrected chi connectivity index (χ1v) is 12.0. The maximum Gasteiger partial charge on any atom is 0.154 e. The second-order valence-electron chi connectivity index (χ2n) is 8.19. The summed E-state index contributed by atoms with van der Waals surface area (Å²) in [5.41, 5.74) is 3.26. The van der Waals surface area contributed by atoms with E-state index < -0.39 is 6.23 Å². The molecule has 36 heavy (non-hydrogen) atoms. The Labute approximate surface area is 213 Å². The average molecular weight is 505 g/mol. The number of nitrogens with one attached hydrogen (secondary N) is 1. The molecule has 1 saturated heterocycles. The van der Waals surface area contributed by atoms with Gasteiger partial charge in [-0.3, -0.25) is 9.88 Å². The molecule has 1 fully saturated rings. The second-order valence-corrected chi connectivity index (χ2v) is 8.60. The van der Waals surface area contributed by atoms with Gasteiger partial charge in [0.05, 0.1) is 24.4 Å². The van der Waals surface area contributed by atoms with E-state index in [4.69, 9.17) is 21.1 Å². The largest absolute Gasteiger partial charge is 0.491 e. The number of halogens is 1. The summed E-state index contributed by atoms with van der Waals surface area (Å²) in [7, 11) is 0. The van der Waals surface area contributed by atoms with Gasteiger partial charge in [-0.05, 0) is 42.3 Å². The molecule has 1 aromatic carbocycles. The third-order valence-electron chi connectivity index (χ3n) is 5.69. The Morgan fingerprint density at radius 1 is 1.14 bits per heavy atom. The lowest BCUT2D eigenvalue weighted by atomic mass is 10.1. The van der Waals surface area contributed by atoms with Gasteiger partial charge in [0.25, 0.3) is 0 Å². The first kappa shape index (κ1) is 24.0. The van der Waals surface area contributed by atoms with Crippen LogP contribution >= 0.6 is 11.6 Å². The zero-order valence-corrected chi connectivity index (χ0v) is 20.2. The summed E-state index contributed by atoms with van der Waals surface area (Å²) in [5, 5.41) is 18.5. The summed E-state index contributed by atoms with van der Waals surface area (Å²) < 4.78 is 12.9. The molecule has 1 unspecified atom stereocenters. The summed E-state index contributed by atoms with van der Waals surface area (Å²) in [5.74, 6) is 6.72. The summed E-state index contributed by atoms with van der Waals surface area (Å²) in [4.78, 5) is 10.8. The molecule has 3 aromatic heterocycles. The Hall–Kier alpha value is -3.68. The maximum absolute atomic E-state index is 10.7. The highest BCUT2D eigenvalue weighted by Gasteiger charge is 2.12. The van der Waals surface area contributed by atoms with Gasteiger partial charge in [0, 0.05) is 55.0 Å². The van der Waals surface area contributed by atoms with Gasteiger partial charge in [-0.25, -0.2) is 9.50 Å². The predicted molar refractivity (Wildman–Crippen MR) is 136 cm³/mol. The summed E-state index contributed by atoms with van der Waals surface area (Å²) in [6.45, 7) is 4.70. The van der Waals surface area contributed by atoms with Gasteiger partial charge in [0.2, 0.25) is 0 Å². The lowest BCUT2D eigenvalue weighted by Gasteiger charge is -2.26. The second kappa shape index (κ2) is 11.4. The molecule has 184 valence electrons. The zero-order chi connectivity index (χ0) is 24.7. The number of nitrogens with zero attached hydrogens (tertiary/aromatic N) is 5. The van der Waals surface area contributed by atoms with Crippen LogP contribution in [0.15, 0.2) is 61.2 Å². The van der Waals surface area contributed by atoms with Crippen molar-refractivity contribution in [3.05, 3.63) is 83.0 Å². The van der Waals surface area contributed by atoms with Crippen LogP contribution in [0.25, 0.3) is 5.65 Å². The Balaban J connectivity index is 1.20. The van der Waals surface area contributed by atoms with Crippen LogP contribution < -0.4 is 10.1 Å². The fourth-order valence-electron chi connectivity index (χ4n) is 3.78. The first-order valence-electron chi connectivity index (χ1n) is 11.6. The standard InChI is InChI=1S/C26H25ClN6O3/c27-23-15-21(4-6-24(23)36-13-10-32-8-11-35-12-9-32)31-26(34)20-14-19(16-28-17-20)3-5-22-18-29-25-2-1-7-30-33(22)25/h1-2,4,6-7,14-18,26,31,34H,8-13H2. The van der Waals surface area contributed by atoms with E-state index in [0.29, 0.717) is 39.9 Å². The fraction of sp³-hybridized carbons (Fsp3) is 0.269. The Morgan fingerprint density at radius 3 is 2.89 bits per heavy atom. The van der Waals surface area contributed by atoms with E-state index in [1.165, 1.54) is 0 Å². The molecule has 9 nitrogen and oxygen atoms in total. The van der Waals surface area contributed by atoms with E-state index in [1.54, 1.807) is 47.5 Å². The number of benzene rings is 1. The molecule has 1 aliphatic rings. The quantitative estimate of drug-likeness (QED) is 0.293. The van der Waals surface area contributed by atoms with Crippen molar-refractivity contribution in [2.45, 2.75) is 6.23 Å². The fourth-order valence-corrected chi connectivity index (χ4v) is 4.02. The molecule has 2 N–H and O–H groups in total. The van der Waals surface area contributed by atoms with Crippen LogP contribution in [0.2, 0.25) is 5.02 Å². The van der Waals surface area contributed by atoms with Crippen molar-refractivity contribution in [3.63, 3.8) is 0 Å². The average Bonchev–Trinajstić information content (AvgIpc) is 3.33. The SMILES string of the molecule is OC(Nc1ccc(OCCN2CCOCC2)c(Cl)c1)c1cncc(C#Cc2cnc3cccnn23)c1. The number of fused-ring (bicyclic) bond motifs is 1. The number of anilines is 1. The third-order valence-corrected chi connectivity index (χ3v) is 5.99. The molecule has 1 aliphatic heterocycles. The molecule has 0 saturated carbocycles. The molecule has 0 amide bonds. The van der Waals surface area contributed by atoms with Gasteiger partial charge in [-0.1, -0.05) is 17.5 Å². The van der Waals surface area contributed by atoms with Crippen molar-refractivity contribution >= 4 is 22.9 Å². The molecule has 0 aliphatic carbocycles. The predicted octanol–water partition coefficient (Wildman–Crippen LogP) is 2.99. The number of aliphatic hydroxyl groups excluding tert-OH is 1. The minimum Gasteiger partial charge on any atom is -0.491 e. The van der Waals surface area contributed by atoms with E-state index in [9.17, 15) is 5.11 Å². The molecule has 1 atom stereocenters. The van der Waals surface area contributed by atoms with Gasteiger partial charge in [-0.15, -0.1) is 0 Å². The zero-order valence-electron chi connectivity index (χ0n) is 19.5. The lowest BCUT2D eigenvalue weighted by Crippen LogP contribution is -2.38. The van der Waals surface area contributed by atoms with Crippen molar-refractivity contribution in [2.75, 3.05) is 44.8 Å². The monoisotopic (exact) mass is 504 g/mol. The van der Waals surface area contributed by atoms with Crippen LogP contribution in [-0.2, 0) is 4.74 Å². The highest BCUT2D eigenvalue weighted by Crippen LogP contribution is 2.29. The van der Waals surface area contributed by atoms with E-state index in [1.807, 2.05) is 18.2 Å². The van der Waals surface area contributed by atoms with E-state index in [2.05, 4.69) is 37.1 Å². The number of hydrogen-bond acceptors (Lipinski definition) is 8. The third kappa shape index (κ3) is 5.93. The van der Waals surface area contributed by atoms with Crippen molar-refractivity contribution in [3.8, 4) is 17.6 Å². The highest BCUT2D eigenvalue weighted by molar-refractivity contribution is 6.32. The summed E-state index contributed by atoms with van der Waals surface area (Å²) in [6.07, 6.45) is 5.58. The number of pyridine rings is 1. The van der Waals surface area contributed by atoms with Crippen molar-refractivity contribution in [2.24, 2.45) is 0 Å². The van der Waals surface area contributed by atoms with Gasteiger partial charge in [0.1, 0.15) is 18.1 Å². The Bertz CT molecular complexity index is 1390. The van der Waals surface area contributed by atoms with Crippen LogP contribution in [0, 0.1) is 11.8 Å². The maximum atomic E-state index is 10.7. The lowest BCUT2D eigenvalue weighted by molar-refractivity contribution is 0.0322. The van der Waals surface area contributed by atoms with Gasteiger partial charge in [0.15, 0.2) is 11.9 Å². The molecule has 4 heterocycles. The van der Waals surface area contributed by atoms with E-state index in [-0.39, 0.29) is 0 Å². The number of hydrogen-bond donors (Lipinski definition) is 2. The number of rotatable bonds is 7. The van der Waals surface area contributed by atoms with Crippen molar-refractivity contribution in [1.82, 2.24) is 24.5 Å². The van der Waals surface area contributed by atoms with E-state index >= 15 is 0 Å². The van der Waals surface area contributed by atoms with Crippen LogP contribution in [0.5, 0.6) is 5.75 Å². The molecule has 0 radical (unpaired) electrons. The molecule has 4 aromatic rings. The summed E-state index contributed by atoms with van der Waals surface area (Å²) >= 11 is 6.41. The molecule has 5 rings (SSSR count). The topological polar surface area (TPSA) is 97.0 Å². The van der Waals surface area contributed by atoms with Gasteiger partial charge >= 0.3 is 0 Å². The van der Waals surface area contributed by atoms with Gasteiger partial charge < -0.3 is 19.9 Å². The van der Waals surface area contributed by atoms with Gasteiger partial charge in [-0.2, -0.15) is 5.10 Å². The number of morpholine rings is 1. The molecular formula is C26H25ClN6O3. The summed E-state index contributed by atoms with van der Waals surface area (Å²) in [6, 6.07) is 10.8. The number of aliphatic hydroxyl groups is 1. The van der Waals surface area contributed by atoms with Crippen molar-refractivity contribution in [1.29, 1.82) is 0 Å². The minimum atomic E-state index is -0.999. The smallest absolute Gasteiger partial charge is 0.154 e. The van der Waals surface area contributed by atoms with Crippen LogP contribution in [0.3, 0.4) is 0 Å². The normalized spacial score (nSPS) is 14.7. The minimum absolute atomic E-state index is 0.466. The molecule has 10 heteroatoms. The number of ether oxygens (including phenoxy) is 2. The Morgan fingerprint density at radius 2 is 2.03 bits per heavy atom. The van der Waals surface area contributed by atoms with Crippen LogP contribution in [0.4, 0.5) is 5.69 Å². The number of imidazole rings is 1. The highest BCUT2D eigenvalue weighted by atomic mass is 35.5. The first-order chi connectivity index (χ1) is 17.7. The van der Waals surface area contributed by atoms with Crippen LogP contribution in [-0.4, -0.2) is 69.0 Å². The molecular weight excluding hydrogens is 480 g/mol.